The summed E-state index contributed by atoms with van der Waals surface area (Å²) in [5.41, 5.74) is 1.29. The van der Waals surface area contributed by atoms with Crippen LogP contribution in [0, 0.1) is 11.3 Å². The first kappa shape index (κ1) is 11.9. The fourth-order valence-corrected chi connectivity index (χ4v) is 2.50. The topological polar surface area (TPSA) is 47.3 Å². The molecule has 1 heterocycles. The van der Waals surface area contributed by atoms with Crippen LogP contribution in [0.3, 0.4) is 0 Å². The number of aliphatic hydroxyl groups is 1. The van der Waals surface area contributed by atoms with Gasteiger partial charge in [-0.2, -0.15) is 5.26 Å². The number of rotatable bonds is 1. The van der Waals surface area contributed by atoms with Crippen LogP contribution in [0.25, 0.3) is 0 Å². The monoisotopic (exact) mass is 230 g/mol. The van der Waals surface area contributed by atoms with Gasteiger partial charge in [0.25, 0.3) is 0 Å². The molecule has 1 aromatic carbocycles. The van der Waals surface area contributed by atoms with Crippen molar-refractivity contribution in [3.05, 3.63) is 29.8 Å². The van der Waals surface area contributed by atoms with Crippen LogP contribution in [0.4, 0.5) is 5.69 Å². The maximum Gasteiger partial charge on any atom is 0.101 e. The number of piperidine rings is 1. The molecule has 0 aromatic heterocycles. The van der Waals surface area contributed by atoms with Crippen molar-refractivity contribution in [2.24, 2.45) is 0 Å². The highest BCUT2D eigenvalue weighted by Gasteiger charge is 2.38. The fraction of sp³-hybridized carbons (Fsp3) is 0.500. The number of benzene rings is 1. The van der Waals surface area contributed by atoms with Crippen LogP contribution < -0.4 is 4.90 Å². The van der Waals surface area contributed by atoms with E-state index in [9.17, 15) is 5.11 Å². The maximum atomic E-state index is 10.1. The lowest BCUT2D eigenvalue weighted by molar-refractivity contribution is 0.0711. The lowest BCUT2D eigenvalue weighted by Gasteiger charge is -2.47. The molecule has 0 radical (unpaired) electrons. The Morgan fingerprint density at radius 3 is 2.82 bits per heavy atom. The number of nitrogens with zero attached hydrogens (tertiary/aromatic N) is 2. The summed E-state index contributed by atoms with van der Waals surface area (Å²) in [5.74, 6) is 0. The average Bonchev–Trinajstić information content (AvgIpc) is 2.33. The second kappa shape index (κ2) is 4.38. The van der Waals surface area contributed by atoms with E-state index in [1.165, 1.54) is 0 Å². The van der Waals surface area contributed by atoms with Gasteiger partial charge < -0.3 is 10.0 Å². The largest absolute Gasteiger partial charge is 0.391 e. The van der Waals surface area contributed by atoms with Gasteiger partial charge in [-0.15, -0.1) is 0 Å². The van der Waals surface area contributed by atoms with E-state index < -0.39 is 0 Å². The number of para-hydroxylation sites is 1. The third-order valence-corrected chi connectivity index (χ3v) is 3.69. The normalized spacial score (nSPS) is 23.2. The summed E-state index contributed by atoms with van der Waals surface area (Å²) in [5, 5.41) is 19.3. The van der Waals surface area contributed by atoms with E-state index in [0.29, 0.717) is 5.56 Å². The standard InChI is InChI=1S/C14H18N2O/c1-14(2)13(17)8-5-9-16(14)12-7-4-3-6-11(12)10-15/h3-4,6-7,13,17H,5,8-9H2,1-2H3. The minimum atomic E-state index is -0.344. The van der Waals surface area contributed by atoms with Crippen molar-refractivity contribution in [2.45, 2.75) is 38.3 Å². The van der Waals surface area contributed by atoms with Gasteiger partial charge in [0.15, 0.2) is 0 Å². The molecule has 17 heavy (non-hydrogen) atoms. The first-order chi connectivity index (χ1) is 8.07. The van der Waals surface area contributed by atoms with E-state index in [2.05, 4.69) is 11.0 Å². The predicted molar refractivity (Wildman–Crippen MR) is 67.8 cm³/mol. The van der Waals surface area contributed by atoms with Gasteiger partial charge >= 0.3 is 0 Å². The second-order valence-corrected chi connectivity index (χ2v) is 5.09. The van der Waals surface area contributed by atoms with Crippen LogP contribution in [-0.2, 0) is 0 Å². The first-order valence-electron chi connectivity index (χ1n) is 6.02. The molecule has 2 rings (SSSR count). The SMILES string of the molecule is CC1(C)C(O)CCCN1c1ccccc1C#N. The second-order valence-electron chi connectivity index (χ2n) is 5.09. The molecule has 3 heteroatoms. The van der Waals surface area contributed by atoms with Crippen molar-refractivity contribution in [2.75, 3.05) is 11.4 Å². The highest BCUT2D eigenvalue weighted by molar-refractivity contribution is 5.61. The Morgan fingerprint density at radius 2 is 2.12 bits per heavy atom. The molecule has 0 saturated carbocycles. The molecule has 0 aliphatic carbocycles. The van der Waals surface area contributed by atoms with Crippen LogP contribution in [0.2, 0.25) is 0 Å². The zero-order chi connectivity index (χ0) is 12.5. The highest BCUT2D eigenvalue weighted by Crippen LogP contribution is 2.34. The summed E-state index contributed by atoms with van der Waals surface area (Å²) >= 11 is 0. The van der Waals surface area contributed by atoms with Crippen LogP contribution in [0.15, 0.2) is 24.3 Å². The van der Waals surface area contributed by atoms with Crippen LogP contribution in [-0.4, -0.2) is 23.3 Å². The number of anilines is 1. The molecule has 3 nitrogen and oxygen atoms in total. The summed E-state index contributed by atoms with van der Waals surface area (Å²) in [6.45, 7) is 4.96. The van der Waals surface area contributed by atoms with E-state index in [1.807, 2.05) is 38.1 Å². The van der Waals surface area contributed by atoms with Gasteiger partial charge in [-0.1, -0.05) is 12.1 Å². The molecular formula is C14H18N2O. The molecule has 1 aliphatic heterocycles. The van der Waals surface area contributed by atoms with Gasteiger partial charge in [0.1, 0.15) is 6.07 Å². The summed E-state index contributed by atoms with van der Waals surface area (Å²) in [7, 11) is 0. The van der Waals surface area contributed by atoms with Gasteiger partial charge in [0.05, 0.1) is 22.9 Å². The number of hydrogen-bond acceptors (Lipinski definition) is 3. The van der Waals surface area contributed by atoms with Crippen LogP contribution in [0.1, 0.15) is 32.3 Å². The summed E-state index contributed by atoms with van der Waals surface area (Å²) in [6, 6.07) is 9.81. The van der Waals surface area contributed by atoms with Crippen molar-refractivity contribution in [3.63, 3.8) is 0 Å². The molecule has 1 unspecified atom stereocenters. The Hall–Kier alpha value is -1.53. The van der Waals surface area contributed by atoms with Crippen molar-refractivity contribution in [1.82, 2.24) is 0 Å². The predicted octanol–water partition coefficient (Wildman–Crippen LogP) is 2.30. The Morgan fingerprint density at radius 1 is 1.41 bits per heavy atom. The molecule has 1 aromatic rings. The Bertz CT molecular complexity index is 448. The summed E-state index contributed by atoms with van der Waals surface area (Å²) in [6.07, 6.45) is 1.45. The minimum absolute atomic E-state index is 0.314. The lowest BCUT2D eigenvalue weighted by atomic mass is 9.86. The van der Waals surface area contributed by atoms with E-state index in [1.54, 1.807) is 0 Å². The molecule has 1 fully saturated rings. The quantitative estimate of drug-likeness (QED) is 0.805. The van der Waals surface area contributed by atoms with E-state index in [0.717, 1.165) is 25.1 Å². The molecular weight excluding hydrogens is 212 g/mol. The smallest absolute Gasteiger partial charge is 0.101 e. The molecule has 1 N–H and O–H groups in total. The van der Waals surface area contributed by atoms with Gasteiger partial charge in [0, 0.05) is 6.54 Å². The number of nitriles is 1. The zero-order valence-electron chi connectivity index (χ0n) is 10.3. The molecule has 0 bridgehead atoms. The number of hydrogen-bond donors (Lipinski definition) is 1. The van der Waals surface area contributed by atoms with Crippen LogP contribution in [0.5, 0.6) is 0 Å². The molecule has 90 valence electrons. The molecule has 1 saturated heterocycles. The summed E-state index contributed by atoms with van der Waals surface area (Å²) in [4.78, 5) is 2.15. The molecule has 1 aliphatic rings. The van der Waals surface area contributed by atoms with Crippen molar-refractivity contribution in [1.29, 1.82) is 5.26 Å². The van der Waals surface area contributed by atoms with E-state index >= 15 is 0 Å². The number of aliphatic hydroxyl groups excluding tert-OH is 1. The van der Waals surface area contributed by atoms with Gasteiger partial charge in [-0.05, 0) is 38.8 Å². The summed E-state index contributed by atoms with van der Waals surface area (Å²) < 4.78 is 0. The van der Waals surface area contributed by atoms with Crippen molar-refractivity contribution < 1.29 is 5.11 Å². The Kier molecular flexibility index (Phi) is 3.08. The molecule has 0 amide bonds. The Labute approximate surface area is 102 Å². The molecule has 0 spiro atoms. The average molecular weight is 230 g/mol. The van der Waals surface area contributed by atoms with Crippen molar-refractivity contribution in [3.8, 4) is 6.07 Å². The van der Waals surface area contributed by atoms with Gasteiger partial charge in [0.2, 0.25) is 0 Å². The highest BCUT2D eigenvalue weighted by atomic mass is 16.3. The van der Waals surface area contributed by atoms with Crippen LogP contribution >= 0.6 is 0 Å². The zero-order valence-corrected chi connectivity index (χ0v) is 10.3. The van der Waals surface area contributed by atoms with E-state index in [4.69, 9.17) is 5.26 Å². The lowest BCUT2D eigenvalue weighted by Crippen LogP contribution is -2.56. The van der Waals surface area contributed by atoms with Gasteiger partial charge in [-0.3, -0.25) is 0 Å². The maximum absolute atomic E-state index is 10.1. The third-order valence-electron chi connectivity index (χ3n) is 3.69. The first-order valence-corrected chi connectivity index (χ1v) is 6.02. The van der Waals surface area contributed by atoms with E-state index in [-0.39, 0.29) is 11.6 Å². The Balaban J connectivity index is 2.42. The van der Waals surface area contributed by atoms with Crippen molar-refractivity contribution >= 4 is 5.69 Å². The van der Waals surface area contributed by atoms with Gasteiger partial charge in [-0.25, -0.2) is 0 Å². The fourth-order valence-electron chi connectivity index (χ4n) is 2.50. The minimum Gasteiger partial charge on any atom is -0.391 e. The third kappa shape index (κ3) is 2.01. The molecule has 1 atom stereocenters.